The second-order valence-electron chi connectivity index (χ2n) is 4.77. The summed E-state index contributed by atoms with van der Waals surface area (Å²) in [5.74, 6) is -5.53. The molecule has 0 aliphatic carbocycles. The third-order valence-corrected chi connectivity index (χ3v) is 3.50. The summed E-state index contributed by atoms with van der Waals surface area (Å²) in [6.07, 6.45) is 3.01. The molecule has 0 saturated carbocycles. The minimum Gasteiger partial charge on any atom is -0.314 e. The maximum Gasteiger partial charge on any atom is 0.258 e. The molecule has 1 aromatic heterocycles. The van der Waals surface area contributed by atoms with E-state index in [9.17, 15) is 23.2 Å². The lowest BCUT2D eigenvalue weighted by atomic mass is 10.0. The van der Waals surface area contributed by atoms with Crippen LogP contribution in [0.25, 0.3) is 0 Å². The molecule has 2 heterocycles. The normalized spacial score (nSPS) is 16.5. The van der Waals surface area contributed by atoms with Crippen LogP contribution in [0.2, 0.25) is 0 Å². The van der Waals surface area contributed by atoms with E-state index in [0.717, 1.165) is 4.90 Å². The SMILES string of the molecule is N#CC1c2cc(F)c(F)c(F)c2C(=O)N1Cc1ccncc1. The minimum absolute atomic E-state index is 0.0109. The molecular weight excluding hydrogens is 295 g/mol. The van der Waals surface area contributed by atoms with Crippen molar-refractivity contribution < 1.29 is 18.0 Å². The molecule has 0 N–H and O–H groups in total. The van der Waals surface area contributed by atoms with E-state index in [0.29, 0.717) is 11.6 Å². The highest BCUT2D eigenvalue weighted by Gasteiger charge is 2.41. The zero-order chi connectivity index (χ0) is 15.9. The van der Waals surface area contributed by atoms with Crippen molar-refractivity contribution in [2.24, 2.45) is 0 Å². The van der Waals surface area contributed by atoms with E-state index >= 15 is 0 Å². The van der Waals surface area contributed by atoms with Gasteiger partial charge < -0.3 is 4.90 Å². The van der Waals surface area contributed by atoms with E-state index in [1.807, 2.05) is 6.07 Å². The van der Waals surface area contributed by atoms with E-state index < -0.39 is 35.0 Å². The Bertz CT molecular complexity index is 802. The molecule has 22 heavy (non-hydrogen) atoms. The molecule has 2 aromatic rings. The van der Waals surface area contributed by atoms with Gasteiger partial charge in [0, 0.05) is 24.5 Å². The Hall–Kier alpha value is -2.88. The fraction of sp³-hybridized carbons (Fsp3) is 0.133. The van der Waals surface area contributed by atoms with Crippen LogP contribution >= 0.6 is 0 Å². The van der Waals surface area contributed by atoms with Gasteiger partial charge in [-0.3, -0.25) is 9.78 Å². The van der Waals surface area contributed by atoms with Crippen molar-refractivity contribution in [1.29, 1.82) is 5.26 Å². The Kier molecular flexibility index (Phi) is 3.29. The number of amides is 1. The molecule has 1 amide bonds. The summed E-state index contributed by atoms with van der Waals surface area (Å²) < 4.78 is 40.5. The van der Waals surface area contributed by atoms with E-state index in [4.69, 9.17) is 0 Å². The molecule has 0 radical (unpaired) electrons. The molecule has 7 heteroatoms. The first-order chi connectivity index (χ1) is 10.5. The van der Waals surface area contributed by atoms with Crippen LogP contribution < -0.4 is 0 Å². The van der Waals surface area contributed by atoms with Crippen molar-refractivity contribution in [2.45, 2.75) is 12.6 Å². The summed E-state index contributed by atoms with van der Waals surface area (Å²) in [4.78, 5) is 17.2. The van der Waals surface area contributed by atoms with Crippen LogP contribution in [0.1, 0.15) is 27.5 Å². The monoisotopic (exact) mass is 303 g/mol. The van der Waals surface area contributed by atoms with Crippen LogP contribution in [0.3, 0.4) is 0 Å². The average molecular weight is 303 g/mol. The summed E-state index contributed by atoms with van der Waals surface area (Å²) in [7, 11) is 0. The van der Waals surface area contributed by atoms with Crippen LogP contribution in [-0.2, 0) is 6.54 Å². The van der Waals surface area contributed by atoms with Gasteiger partial charge in [0.1, 0.15) is 6.04 Å². The largest absolute Gasteiger partial charge is 0.314 e. The molecule has 0 bridgehead atoms. The predicted molar refractivity (Wildman–Crippen MR) is 68.8 cm³/mol. The summed E-state index contributed by atoms with van der Waals surface area (Å²) in [5.41, 5.74) is -0.0739. The van der Waals surface area contributed by atoms with Crippen LogP contribution in [-0.4, -0.2) is 15.8 Å². The number of nitriles is 1. The smallest absolute Gasteiger partial charge is 0.258 e. The Morgan fingerprint density at radius 2 is 1.91 bits per heavy atom. The number of rotatable bonds is 2. The first kappa shape index (κ1) is 14.1. The highest BCUT2D eigenvalue weighted by Crippen LogP contribution is 2.37. The summed E-state index contributed by atoms with van der Waals surface area (Å²) in [5, 5.41) is 9.24. The van der Waals surface area contributed by atoms with Gasteiger partial charge in [0.25, 0.3) is 5.91 Å². The molecule has 110 valence electrons. The Morgan fingerprint density at radius 3 is 2.55 bits per heavy atom. The number of halogens is 3. The lowest BCUT2D eigenvalue weighted by molar-refractivity contribution is 0.0740. The molecule has 0 fully saturated rings. The molecule has 3 rings (SSSR count). The van der Waals surface area contributed by atoms with Crippen LogP contribution in [0.15, 0.2) is 30.6 Å². The van der Waals surface area contributed by atoms with Crippen molar-refractivity contribution >= 4 is 5.91 Å². The third-order valence-electron chi connectivity index (χ3n) is 3.50. The number of hydrogen-bond donors (Lipinski definition) is 0. The van der Waals surface area contributed by atoms with E-state index in [2.05, 4.69) is 4.98 Å². The van der Waals surface area contributed by atoms with Gasteiger partial charge in [0.2, 0.25) is 0 Å². The number of nitrogens with zero attached hydrogens (tertiary/aromatic N) is 3. The molecule has 1 aromatic carbocycles. The van der Waals surface area contributed by atoms with Gasteiger partial charge >= 0.3 is 0 Å². The topological polar surface area (TPSA) is 57.0 Å². The lowest BCUT2D eigenvalue weighted by Crippen LogP contribution is -2.27. The predicted octanol–water partition coefficient (Wildman–Crippen LogP) is 2.72. The van der Waals surface area contributed by atoms with Gasteiger partial charge in [-0.25, -0.2) is 13.2 Å². The number of benzene rings is 1. The highest BCUT2D eigenvalue weighted by molar-refractivity contribution is 6.00. The molecule has 0 spiro atoms. The van der Waals surface area contributed by atoms with Crippen LogP contribution in [0.4, 0.5) is 13.2 Å². The van der Waals surface area contributed by atoms with Gasteiger partial charge in [0.15, 0.2) is 17.5 Å². The van der Waals surface area contributed by atoms with Crippen LogP contribution in [0, 0.1) is 28.8 Å². The zero-order valence-electron chi connectivity index (χ0n) is 11.1. The standard InChI is InChI=1S/C15H8F3N3O/c16-10-5-9-11(6-19)21(7-8-1-3-20-4-2-8)15(22)12(9)14(18)13(10)17/h1-5,11H,7H2. The molecule has 1 unspecified atom stereocenters. The van der Waals surface area contributed by atoms with E-state index in [1.165, 1.54) is 12.4 Å². The van der Waals surface area contributed by atoms with Crippen LogP contribution in [0.5, 0.6) is 0 Å². The van der Waals surface area contributed by atoms with Gasteiger partial charge in [0.05, 0.1) is 11.6 Å². The number of fused-ring (bicyclic) bond motifs is 1. The molecule has 1 aliphatic heterocycles. The molecule has 4 nitrogen and oxygen atoms in total. The maximum atomic E-state index is 13.9. The van der Waals surface area contributed by atoms with Crippen molar-refractivity contribution in [3.8, 4) is 6.07 Å². The highest BCUT2D eigenvalue weighted by atomic mass is 19.2. The third kappa shape index (κ3) is 2.00. The first-order valence-corrected chi connectivity index (χ1v) is 6.31. The number of carbonyl (C=O) groups is 1. The zero-order valence-corrected chi connectivity index (χ0v) is 11.1. The second kappa shape index (κ2) is 5.15. The quantitative estimate of drug-likeness (QED) is 0.802. The molecular formula is C15H8F3N3O. The molecule has 1 aliphatic rings. The fourth-order valence-electron chi connectivity index (χ4n) is 2.46. The second-order valence-corrected chi connectivity index (χ2v) is 4.77. The van der Waals surface area contributed by atoms with Crippen molar-refractivity contribution in [1.82, 2.24) is 9.88 Å². The maximum absolute atomic E-state index is 13.9. The van der Waals surface area contributed by atoms with E-state index in [-0.39, 0.29) is 12.1 Å². The Morgan fingerprint density at radius 1 is 1.23 bits per heavy atom. The van der Waals surface area contributed by atoms with Gasteiger partial charge in [-0.2, -0.15) is 5.26 Å². The lowest BCUT2D eigenvalue weighted by Gasteiger charge is -2.19. The summed E-state index contributed by atoms with van der Waals surface area (Å²) in [6.45, 7) is 0.0109. The van der Waals surface area contributed by atoms with Gasteiger partial charge in [-0.05, 0) is 23.8 Å². The minimum atomic E-state index is -1.71. The average Bonchev–Trinajstić information content (AvgIpc) is 2.78. The van der Waals surface area contributed by atoms with Gasteiger partial charge in [-0.15, -0.1) is 0 Å². The van der Waals surface area contributed by atoms with Gasteiger partial charge in [-0.1, -0.05) is 0 Å². The van der Waals surface area contributed by atoms with Crippen molar-refractivity contribution in [3.63, 3.8) is 0 Å². The Labute approximate surface area is 123 Å². The van der Waals surface area contributed by atoms with Crippen molar-refractivity contribution in [3.05, 3.63) is 64.7 Å². The summed E-state index contributed by atoms with van der Waals surface area (Å²) >= 11 is 0. The number of carbonyl (C=O) groups excluding carboxylic acids is 1. The fourth-order valence-corrected chi connectivity index (χ4v) is 2.46. The molecule has 1 atom stereocenters. The molecule has 0 saturated heterocycles. The first-order valence-electron chi connectivity index (χ1n) is 6.31. The Balaban J connectivity index is 2.07. The van der Waals surface area contributed by atoms with E-state index in [1.54, 1.807) is 12.1 Å². The number of aromatic nitrogens is 1. The van der Waals surface area contributed by atoms with Crippen molar-refractivity contribution in [2.75, 3.05) is 0 Å². The summed E-state index contributed by atoms with van der Waals surface area (Å²) in [6, 6.07) is 4.62. The number of hydrogen-bond acceptors (Lipinski definition) is 3. The number of pyridine rings is 1.